The number of hydrogen-bond donors (Lipinski definition) is 0. The maximum absolute atomic E-state index is 10.4. The molecule has 0 saturated carbocycles. The van der Waals surface area contributed by atoms with E-state index < -0.39 is 0 Å². The van der Waals surface area contributed by atoms with Crippen molar-refractivity contribution in [1.82, 2.24) is 0 Å². The summed E-state index contributed by atoms with van der Waals surface area (Å²) in [7, 11) is 1.71. The molecule has 0 unspecified atom stereocenters. The number of aldehydes is 1. The van der Waals surface area contributed by atoms with Crippen LogP contribution in [0.25, 0.3) is 0 Å². The zero-order valence-corrected chi connectivity index (χ0v) is 9.12. The molecular formula is C9H12O2S2. The maximum atomic E-state index is 10.4. The average molecular weight is 216 g/mol. The highest BCUT2D eigenvalue weighted by Gasteiger charge is 1.98. The Hall–Kier alpha value is -0.320. The second-order valence-electron chi connectivity index (χ2n) is 2.47. The van der Waals surface area contributed by atoms with Gasteiger partial charge in [-0.3, -0.25) is 4.79 Å². The van der Waals surface area contributed by atoms with Crippen LogP contribution in [0.5, 0.6) is 0 Å². The van der Waals surface area contributed by atoms with E-state index in [-0.39, 0.29) is 0 Å². The molecule has 0 fully saturated rings. The van der Waals surface area contributed by atoms with E-state index in [4.69, 9.17) is 4.74 Å². The SMILES string of the molecule is COCCCSc1ccc(C=O)s1. The van der Waals surface area contributed by atoms with Crippen molar-refractivity contribution in [2.75, 3.05) is 19.5 Å². The predicted molar refractivity (Wildman–Crippen MR) is 56.9 cm³/mol. The molecule has 0 saturated heterocycles. The van der Waals surface area contributed by atoms with Gasteiger partial charge in [0.2, 0.25) is 0 Å². The first-order valence-corrected chi connectivity index (χ1v) is 5.84. The van der Waals surface area contributed by atoms with Crippen LogP contribution in [0.3, 0.4) is 0 Å². The Morgan fingerprint density at radius 3 is 3.08 bits per heavy atom. The minimum atomic E-state index is 0.800. The van der Waals surface area contributed by atoms with E-state index in [9.17, 15) is 4.79 Å². The molecule has 0 aliphatic rings. The maximum Gasteiger partial charge on any atom is 0.160 e. The average Bonchev–Trinajstić information content (AvgIpc) is 2.60. The van der Waals surface area contributed by atoms with E-state index in [1.807, 2.05) is 12.1 Å². The predicted octanol–water partition coefficient (Wildman–Crippen LogP) is 2.69. The lowest BCUT2D eigenvalue weighted by atomic mass is 10.5. The van der Waals surface area contributed by atoms with E-state index in [1.165, 1.54) is 4.21 Å². The molecule has 0 aromatic carbocycles. The number of hydrogen-bond acceptors (Lipinski definition) is 4. The molecule has 0 amide bonds. The summed E-state index contributed by atoms with van der Waals surface area (Å²) < 4.78 is 6.15. The van der Waals surface area contributed by atoms with Gasteiger partial charge >= 0.3 is 0 Å². The van der Waals surface area contributed by atoms with E-state index in [0.717, 1.165) is 29.9 Å². The van der Waals surface area contributed by atoms with Crippen LogP contribution in [0.15, 0.2) is 16.3 Å². The first-order valence-electron chi connectivity index (χ1n) is 4.03. The normalized spacial score (nSPS) is 10.2. The number of methoxy groups -OCH3 is 1. The summed E-state index contributed by atoms with van der Waals surface area (Å²) in [4.78, 5) is 11.2. The van der Waals surface area contributed by atoms with E-state index in [2.05, 4.69) is 0 Å². The summed E-state index contributed by atoms with van der Waals surface area (Å²) in [5, 5.41) is 0. The number of carbonyl (C=O) groups excluding carboxylic acids is 1. The summed E-state index contributed by atoms with van der Waals surface area (Å²) in [5.74, 6) is 1.05. The van der Waals surface area contributed by atoms with Gasteiger partial charge in [-0.2, -0.15) is 0 Å². The highest BCUT2D eigenvalue weighted by molar-refractivity contribution is 8.01. The smallest absolute Gasteiger partial charge is 0.160 e. The van der Waals surface area contributed by atoms with E-state index >= 15 is 0 Å². The topological polar surface area (TPSA) is 26.3 Å². The molecule has 1 aromatic heterocycles. The van der Waals surface area contributed by atoms with Crippen LogP contribution in [0.1, 0.15) is 16.1 Å². The molecule has 0 N–H and O–H groups in total. The number of thioether (sulfide) groups is 1. The lowest BCUT2D eigenvalue weighted by Gasteiger charge is -1.96. The minimum absolute atomic E-state index is 0.800. The molecule has 4 heteroatoms. The van der Waals surface area contributed by atoms with Crippen LogP contribution in [-0.2, 0) is 4.74 Å². The summed E-state index contributed by atoms with van der Waals surface area (Å²) >= 11 is 3.32. The van der Waals surface area contributed by atoms with Crippen molar-refractivity contribution in [3.8, 4) is 0 Å². The molecule has 0 radical (unpaired) electrons. The first kappa shape index (κ1) is 10.8. The Balaban J connectivity index is 2.24. The summed E-state index contributed by atoms with van der Waals surface area (Å²) in [6, 6.07) is 3.85. The monoisotopic (exact) mass is 216 g/mol. The van der Waals surface area contributed by atoms with Crippen molar-refractivity contribution in [2.24, 2.45) is 0 Å². The van der Waals surface area contributed by atoms with E-state index in [1.54, 1.807) is 30.2 Å². The Labute approximate surface area is 86.3 Å². The van der Waals surface area contributed by atoms with Gasteiger partial charge in [0.1, 0.15) is 0 Å². The Bertz CT molecular complexity index is 258. The van der Waals surface area contributed by atoms with Crippen molar-refractivity contribution in [3.63, 3.8) is 0 Å². The lowest BCUT2D eigenvalue weighted by molar-refractivity contribution is 0.112. The summed E-state index contributed by atoms with van der Waals surface area (Å²) in [5.41, 5.74) is 0. The molecule has 0 bridgehead atoms. The van der Waals surface area contributed by atoms with Crippen LogP contribution in [0.2, 0.25) is 0 Å². The highest BCUT2D eigenvalue weighted by atomic mass is 32.2. The number of carbonyl (C=O) groups is 1. The molecule has 0 atom stereocenters. The van der Waals surface area contributed by atoms with Gasteiger partial charge in [-0.1, -0.05) is 0 Å². The number of rotatable bonds is 6. The minimum Gasteiger partial charge on any atom is -0.385 e. The molecule has 1 heterocycles. The summed E-state index contributed by atoms with van der Waals surface area (Å²) in [6.07, 6.45) is 1.94. The van der Waals surface area contributed by atoms with Crippen molar-refractivity contribution >= 4 is 29.4 Å². The van der Waals surface area contributed by atoms with Gasteiger partial charge in [0, 0.05) is 19.5 Å². The van der Waals surface area contributed by atoms with Crippen molar-refractivity contribution in [2.45, 2.75) is 10.6 Å². The Morgan fingerprint density at radius 1 is 1.62 bits per heavy atom. The molecule has 1 rings (SSSR count). The van der Waals surface area contributed by atoms with Gasteiger partial charge < -0.3 is 4.74 Å². The molecule has 72 valence electrons. The van der Waals surface area contributed by atoms with Gasteiger partial charge in [0.15, 0.2) is 6.29 Å². The zero-order valence-electron chi connectivity index (χ0n) is 7.49. The summed E-state index contributed by atoms with van der Waals surface area (Å²) in [6.45, 7) is 0.804. The molecule has 1 aromatic rings. The highest BCUT2D eigenvalue weighted by Crippen LogP contribution is 2.26. The number of ether oxygens (including phenoxy) is 1. The van der Waals surface area contributed by atoms with Crippen molar-refractivity contribution in [3.05, 3.63) is 17.0 Å². The molecule has 13 heavy (non-hydrogen) atoms. The zero-order chi connectivity index (χ0) is 9.52. The van der Waals surface area contributed by atoms with Crippen LogP contribution in [0.4, 0.5) is 0 Å². The fourth-order valence-corrected chi connectivity index (χ4v) is 2.81. The Morgan fingerprint density at radius 2 is 2.46 bits per heavy atom. The molecule has 0 aliphatic carbocycles. The quantitative estimate of drug-likeness (QED) is 0.415. The third kappa shape index (κ3) is 3.93. The van der Waals surface area contributed by atoms with Gasteiger partial charge in [-0.05, 0) is 18.6 Å². The second-order valence-corrected chi connectivity index (χ2v) is 4.98. The van der Waals surface area contributed by atoms with Gasteiger partial charge in [0.05, 0.1) is 9.09 Å². The fraction of sp³-hybridized carbons (Fsp3) is 0.444. The first-order chi connectivity index (χ1) is 6.36. The molecule has 0 spiro atoms. The van der Waals surface area contributed by atoms with Gasteiger partial charge in [0.25, 0.3) is 0 Å². The Kier molecular flexibility index (Phi) is 5.12. The number of thiophene rings is 1. The largest absolute Gasteiger partial charge is 0.385 e. The van der Waals surface area contributed by atoms with Crippen LogP contribution < -0.4 is 0 Å². The van der Waals surface area contributed by atoms with Crippen LogP contribution >= 0.6 is 23.1 Å². The molecule has 2 nitrogen and oxygen atoms in total. The third-order valence-corrected chi connectivity index (χ3v) is 3.78. The lowest BCUT2D eigenvalue weighted by Crippen LogP contribution is -1.89. The second kappa shape index (κ2) is 6.18. The molecular weight excluding hydrogens is 204 g/mol. The van der Waals surface area contributed by atoms with Crippen LogP contribution in [0, 0.1) is 0 Å². The van der Waals surface area contributed by atoms with Crippen molar-refractivity contribution < 1.29 is 9.53 Å². The fourth-order valence-electron chi connectivity index (χ4n) is 0.851. The van der Waals surface area contributed by atoms with Crippen LogP contribution in [-0.4, -0.2) is 25.8 Å². The third-order valence-electron chi connectivity index (χ3n) is 1.46. The van der Waals surface area contributed by atoms with Gasteiger partial charge in [-0.15, -0.1) is 23.1 Å². The van der Waals surface area contributed by atoms with E-state index in [0.29, 0.717) is 0 Å². The standard InChI is InChI=1S/C9H12O2S2/c1-11-5-2-6-12-9-4-3-8(7-10)13-9/h3-4,7H,2,5-6H2,1H3. The molecule has 0 aliphatic heterocycles. The van der Waals surface area contributed by atoms with Crippen molar-refractivity contribution in [1.29, 1.82) is 0 Å². The van der Waals surface area contributed by atoms with Gasteiger partial charge in [-0.25, -0.2) is 0 Å².